The second-order valence-electron chi connectivity index (χ2n) is 4.27. The normalized spacial score (nSPS) is 10.3. The molecule has 0 bridgehead atoms. The maximum absolute atomic E-state index is 12.1. The third-order valence-electron chi connectivity index (χ3n) is 2.73. The van der Waals surface area contributed by atoms with Crippen LogP contribution in [0.3, 0.4) is 0 Å². The summed E-state index contributed by atoms with van der Waals surface area (Å²) in [6.07, 6.45) is 0. The molecular formula is C14H14ClN3O. The average molecular weight is 276 g/mol. The smallest absolute Gasteiger partial charge is 0.257 e. The molecular weight excluding hydrogens is 262 g/mol. The van der Waals surface area contributed by atoms with Gasteiger partial charge in [-0.15, -0.1) is 0 Å². The number of nitrogen functional groups attached to an aromatic ring is 1. The average Bonchev–Trinajstić information content (AvgIpc) is 2.35. The molecule has 0 unspecified atom stereocenters. The minimum absolute atomic E-state index is 0.297. The maximum Gasteiger partial charge on any atom is 0.257 e. The zero-order valence-electron chi connectivity index (χ0n) is 10.7. The monoisotopic (exact) mass is 275 g/mol. The number of aromatic nitrogens is 1. The highest BCUT2D eigenvalue weighted by Crippen LogP contribution is 2.20. The van der Waals surface area contributed by atoms with Crippen LogP contribution in [0, 0.1) is 13.8 Å². The van der Waals surface area contributed by atoms with Gasteiger partial charge in [-0.1, -0.05) is 11.6 Å². The molecule has 0 atom stereocenters. The van der Waals surface area contributed by atoms with E-state index in [2.05, 4.69) is 10.3 Å². The zero-order chi connectivity index (χ0) is 14.0. The van der Waals surface area contributed by atoms with Gasteiger partial charge >= 0.3 is 0 Å². The van der Waals surface area contributed by atoms with Crippen LogP contribution >= 0.6 is 11.6 Å². The summed E-state index contributed by atoms with van der Waals surface area (Å²) in [5.41, 5.74) is 8.83. The van der Waals surface area contributed by atoms with Crippen molar-refractivity contribution in [2.24, 2.45) is 0 Å². The molecule has 0 radical (unpaired) electrons. The van der Waals surface area contributed by atoms with Gasteiger partial charge in [-0.05, 0) is 44.2 Å². The molecule has 2 aromatic rings. The zero-order valence-corrected chi connectivity index (χ0v) is 11.5. The highest BCUT2D eigenvalue weighted by Gasteiger charge is 2.12. The molecule has 5 heteroatoms. The quantitative estimate of drug-likeness (QED) is 0.827. The fraction of sp³-hybridized carbons (Fsp3) is 0.143. The number of hydrogen-bond donors (Lipinski definition) is 2. The Morgan fingerprint density at radius 2 is 2.00 bits per heavy atom. The van der Waals surface area contributed by atoms with Crippen LogP contribution < -0.4 is 11.1 Å². The van der Waals surface area contributed by atoms with E-state index in [1.807, 2.05) is 26.0 Å². The molecule has 0 fully saturated rings. The Bertz CT molecular complexity index is 641. The molecule has 1 amide bonds. The summed E-state index contributed by atoms with van der Waals surface area (Å²) in [5.74, 6) is -0.297. The van der Waals surface area contributed by atoms with Gasteiger partial charge in [0.05, 0.1) is 16.9 Å². The summed E-state index contributed by atoms with van der Waals surface area (Å²) in [6, 6.07) is 8.45. The van der Waals surface area contributed by atoms with Gasteiger partial charge in [0.15, 0.2) is 0 Å². The Kier molecular flexibility index (Phi) is 3.71. The molecule has 2 rings (SSSR count). The van der Waals surface area contributed by atoms with Crippen LogP contribution in [0.2, 0.25) is 5.02 Å². The predicted molar refractivity (Wildman–Crippen MR) is 77.5 cm³/mol. The first-order chi connectivity index (χ1) is 8.97. The molecule has 0 saturated carbocycles. The Balaban J connectivity index is 2.28. The third kappa shape index (κ3) is 3.03. The SMILES string of the molecule is Cc1ccc(NC(=O)c2cc(Cl)ccc2N)c(C)n1. The van der Waals surface area contributed by atoms with E-state index in [0.717, 1.165) is 11.4 Å². The lowest BCUT2D eigenvalue weighted by Crippen LogP contribution is -2.15. The van der Waals surface area contributed by atoms with Crippen molar-refractivity contribution in [1.82, 2.24) is 4.98 Å². The number of nitrogens with zero attached hydrogens (tertiary/aromatic N) is 1. The molecule has 1 aromatic heterocycles. The van der Waals surface area contributed by atoms with Gasteiger partial charge in [-0.3, -0.25) is 9.78 Å². The van der Waals surface area contributed by atoms with E-state index < -0.39 is 0 Å². The number of nitrogens with two attached hydrogens (primary N) is 1. The lowest BCUT2D eigenvalue weighted by molar-refractivity contribution is 0.102. The molecule has 0 spiro atoms. The fourth-order valence-electron chi connectivity index (χ4n) is 1.73. The van der Waals surface area contributed by atoms with Crippen LogP contribution in [0.1, 0.15) is 21.7 Å². The van der Waals surface area contributed by atoms with Gasteiger partial charge in [0.25, 0.3) is 5.91 Å². The fourth-order valence-corrected chi connectivity index (χ4v) is 1.91. The second-order valence-corrected chi connectivity index (χ2v) is 4.71. The number of hydrogen-bond acceptors (Lipinski definition) is 3. The van der Waals surface area contributed by atoms with E-state index in [1.165, 1.54) is 0 Å². The van der Waals surface area contributed by atoms with E-state index in [4.69, 9.17) is 17.3 Å². The van der Waals surface area contributed by atoms with Crippen LogP contribution in [0.5, 0.6) is 0 Å². The second kappa shape index (κ2) is 5.28. The van der Waals surface area contributed by atoms with E-state index >= 15 is 0 Å². The Morgan fingerprint density at radius 3 is 2.68 bits per heavy atom. The largest absolute Gasteiger partial charge is 0.398 e. The first-order valence-electron chi connectivity index (χ1n) is 5.78. The van der Waals surface area contributed by atoms with Crippen molar-refractivity contribution in [3.05, 3.63) is 52.3 Å². The number of benzene rings is 1. The molecule has 19 heavy (non-hydrogen) atoms. The number of pyridine rings is 1. The molecule has 98 valence electrons. The maximum atomic E-state index is 12.1. The van der Waals surface area contributed by atoms with Crippen LogP contribution in [0.4, 0.5) is 11.4 Å². The summed E-state index contributed by atoms with van der Waals surface area (Å²) in [4.78, 5) is 16.4. The van der Waals surface area contributed by atoms with Crippen molar-refractivity contribution in [2.45, 2.75) is 13.8 Å². The summed E-state index contributed by atoms with van der Waals surface area (Å²) in [6.45, 7) is 3.73. The number of carbonyl (C=O) groups excluding carboxylic acids is 1. The summed E-state index contributed by atoms with van der Waals surface area (Å²) in [7, 11) is 0. The van der Waals surface area contributed by atoms with Gasteiger partial charge in [0.2, 0.25) is 0 Å². The topological polar surface area (TPSA) is 68.0 Å². The number of halogens is 1. The number of carbonyl (C=O) groups is 1. The van der Waals surface area contributed by atoms with Crippen molar-refractivity contribution in [1.29, 1.82) is 0 Å². The van der Waals surface area contributed by atoms with Crippen molar-refractivity contribution in [2.75, 3.05) is 11.1 Å². The van der Waals surface area contributed by atoms with E-state index in [1.54, 1.807) is 18.2 Å². The Hall–Kier alpha value is -2.07. The molecule has 0 aliphatic carbocycles. The van der Waals surface area contributed by atoms with Gasteiger partial charge in [0, 0.05) is 16.4 Å². The molecule has 1 heterocycles. The molecule has 4 nitrogen and oxygen atoms in total. The number of rotatable bonds is 2. The van der Waals surface area contributed by atoms with Crippen molar-refractivity contribution in [3.63, 3.8) is 0 Å². The highest BCUT2D eigenvalue weighted by atomic mass is 35.5. The van der Waals surface area contributed by atoms with Crippen molar-refractivity contribution in [3.8, 4) is 0 Å². The third-order valence-corrected chi connectivity index (χ3v) is 2.97. The van der Waals surface area contributed by atoms with Gasteiger partial charge in [-0.2, -0.15) is 0 Å². The van der Waals surface area contributed by atoms with E-state index in [9.17, 15) is 4.79 Å². The number of anilines is 2. The van der Waals surface area contributed by atoms with Crippen LogP contribution in [0.15, 0.2) is 30.3 Å². The first kappa shape index (κ1) is 13.4. The van der Waals surface area contributed by atoms with Gasteiger partial charge in [-0.25, -0.2) is 0 Å². The van der Waals surface area contributed by atoms with Crippen molar-refractivity contribution >= 4 is 28.9 Å². The number of aryl methyl sites for hydroxylation is 2. The summed E-state index contributed by atoms with van der Waals surface area (Å²) in [5, 5.41) is 3.25. The van der Waals surface area contributed by atoms with E-state index in [0.29, 0.717) is 22.0 Å². The standard InChI is InChI=1S/C14H14ClN3O/c1-8-3-6-13(9(2)17-8)18-14(19)11-7-10(15)4-5-12(11)16/h3-7H,16H2,1-2H3,(H,18,19). The molecule has 3 N–H and O–H groups in total. The van der Waals surface area contributed by atoms with E-state index in [-0.39, 0.29) is 5.91 Å². The van der Waals surface area contributed by atoms with Crippen LogP contribution in [-0.2, 0) is 0 Å². The minimum Gasteiger partial charge on any atom is -0.398 e. The van der Waals surface area contributed by atoms with Crippen molar-refractivity contribution < 1.29 is 4.79 Å². The predicted octanol–water partition coefficient (Wildman–Crippen LogP) is 3.19. The summed E-state index contributed by atoms with van der Waals surface area (Å²) >= 11 is 5.87. The summed E-state index contributed by atoms with van der Waals surface area (Å²) < 4.78 is 0. The number of nitrogens with one attached hydrogen (secondary N) is 1. The minimum atomic E-state index is -0.297. The molecule has 0 saturated heterocycles. The van der Waals surface area contributed by atoms with Crippen LogP contribution in [0.25, 0.3) is 0 Å². The van der Waals surface area contributed by atoms with Gasteiger partial charge in [0.1, 0.15) is 0 Å². The lowest BCUT2D eigenvalue weighted by atomic mass is 10.1. The van der Waals surface area contributed by atoms with Gasteiger partial charge < -0.3 is 11.1 Å². The number of amides is 1. The van der Waals surface area contributed by atoms with Crippen LogP contribution in [-0.4, -0.2) is 10.9 Å². The highest BCUT2D eigenvalue weighted by molar-refractivity contribution is 6.31. The molecule has 0 aliphatic rings. The Labute approximate surface area is 116 Å². The Morgan fingerprint density at radius 1 is 1.26 bits per heavy atom. The lowest BCUT2D eigenvalue weighted by Gasteiger charge is -2.10. The first-order valence-corrected chi connectivity index (χ1v) is 6.16. The molecule has 1 aromatic carbocycles. The molecule has 0 aliphatic heterocycles.